The predicted molar refractivity (Wildman–Crippen MR) is 72.4 cm³/mol. The van der Waals surface area contributed by atoms with Crippen molar-refractivity contribution in [1.29, 1.82) is 5.26 Å². The molecule has 0 spiro atoms. The summed E-state index contributed by atoms with van der Waals surface area (Å²) in [6.45, 7) is 4.93. The van der Waals surface area contributed by atoms with Crippen molar-refractivity contribution in [2.45, 2.75) is 31.7 Å². The van der Waals surface area contributed by atoms with Crippen LogP contribution in [0.5, 0.6) is 0 Å². The maximum Gasteiger partial charge on any atom is 0.273 e. The number of nitro groups is 1. The number of nitrogens with zero attached hydrogens (tertiary/aromatic N) is 2. The molecule has 1 atom stereocenters. The van der Waals surface area contributed by atoms with Gasteiger partial charge in [-0.1, -0.05) is 19.9 Å². The Morgan fingerprint density at radius 1 is 1.40 bits per heavy atom. The van der Waals surface area contributed by atoms with E-state index in [0.29, 0.717) is 5.56 Å². The minimum Gasteiger partial charge on any atom is -0.258 e. The molecule has 0 aliphatic rings. The Morgan fingerprint density at radius 3 is 2.45 bits per heavy atom. The van der Waals surface area contributed by atoms with Crippen molar-refractivity contribution in [3.63, 3.8) is 0 Å². The van der Waals surface area contributed by atoms with Gasteiger partial charge in [0.2, 0.25) is 10.0 Å². The number of nitrogens with one attached hydrogen (secondary N) is 1. The maximum atomic E-state index is 12.1. The largest absolute Gasteiger partial charge is 0.273 e. The lowest BCUT2D eigenvalue weighted by atomic mass is 10.1. The second-order valence-electron chi connectivity index (χ2n) is 4.68. The highest BCUT2D eigenvalue weighted by Gasteiger charge is 2.24. The Bertz CT molecular complexity index is 662. The maximum absolute atomic E-state index is 12.1. The van der Waals surface area contributed by atoms with Crippen LogP contribution in [0.4, 0.5) is 5.69 Å². The number of benzene rings is 1. The Kier molecular flexibility index (Phi) is 4.81. The molecular weight excluding hydrogens is 282 g/mol. The number of aryl methyl sites for hydroxylation is 1. The topological polar surface area (TPSA) is 113 Å². The van der Waals surface area contributed by atoms with Gasteiger partial charge in [-0.15, -0.1) is 0 Å². The summed E-state index contributed by atoms with van der Waals surface area (Å²) in [5.41, 5.74) is 0.0978. The molecular formula is C12H15N3O4S. The van der Waals surface area contributed by atoms with E-state index < -0.39 is 21.0 Å². The summed E-state index contributed by atoms with van der Waals surface area (Å²) < 4.78 is 26.4. The predicted octanol–water partition coefficient (Wildman–Crippen LogP) is 1.73. The molecule has 8 heteroatoms. The molecule has 0 aromatic heterocycles. The van der Waals surface area contributed by atoms with Crippen molar-refractivity contribution in [1.82, 2.24) is 4.72 Å². The summed E-state index contributed by atoms with van der Waals surface area (Å²) in [6.07, 6.45) is 0. The molecule has 1 unspecified atom stereocenters. The summed E-state index contributed by atoms with van der Waals surface area (Å²) in [4.78, 5) is 9.96. The van der Waals surface area contributed by atoms with Gasteiger partial charge in [0.05, 0.1) is 15.9 Å². The van der Waals surface area contributed by atoms with Crippen molar-refractivity contribution in [3.05, 3.63) is 33.9 Å². The molecule has 0 aliphatic heterocycles. The average molecular weight is 297 g/mol. The number of nitro benzene ring substituents is 1. The van der Waals surface area contributed by atoms with Gasteiger partial charge in [-0.2, -0.15) is 9.98 Å². The van der Waals surface area contributed by atoms with Crippen LogP contribution in [-0.4, -0.2) is 19.4 Å². The zero-order valence-electron chi connectivity index (χ0n) is 11.3. The van der Waals surface area contributed by atoms with E-state index >= 15 is 0 Å². The van der Waals surface area contributed by atoms with Crippen molar-refractivity contribution in [2.24, 2.45) is 5.92 Å². The van der Waals surface area contributed by atoms with E-state index in [1.54, 1.807) is 13.8 Å². The molecule has 1 rings (SSSR count). The number of nitriles is 1. The minimum absolute atomic E-state index is 0.213. The van der Waals surface area contributed by atoms with Gasteiger partial charge < -0.3 is 0 Å². The molecule has 0 amide bonds. The summed E-state index contributed by atoms with van der Waals surface area (Å²) >= 11 is 0. The zero-order chi connectivity index (χ0) is 15.5. The van der Waals surface area contributed by atoms with Crippen molar-refractivity contribution >= 4 is 15.7 Å². The molecule has 0 radical (unpaired) electrons. The van der Waals surface area contributed by atoms with Crippen LogP contribution in [-0.2, 0) is 10.0 Å². The van der Waals surface area contributed by atoms with Gasteiger partial charge in [-0.3, -0.25) is 10.1 Å². The van der Waals surface area contributed by atoms with E-state index in [9.17, 15) is 18.5 Å². The zero-order valence-corrected chi connectivity index (χ0v) is 12.1. The number of hydrogen-bond acceptors (Lipinski definition) is 5. The highest BCUT2D eigenvalue weighted by molar-refractivity contribution is 7.89. The fourth-order valence-electron chi connectivity index (χ4n) is 1.50. The molecule has 0 saturated heterocycles. The Hall–Kier alpha value is -1.98. The standard InChI is InChI=1S/C12H15N3O4S/c1-8(2)11(7-13)14-20(18,19)10-5-4-9(3)12(6-10)15(16)17/h4-6,8,11,14H,1-3H3. The second kappa shape index (κ2) is 5.98. The first-order valence-electron chi connectivity index (χ1n) is 5.86. The highest BCUT2D eigenvalue weighted by atomic mass is 32.2. The number of hydrogen-bond donors (Lipinski definition) is 1. The van der Waals surface area contributed by atoms with Crippen LogP contribution in [0.1, 0.15) is 19.4 Å². The lowest BCUT2D eigenvalue weighted by Gasteiger charge is -2.15. The first-order chi connectivity index (χ1) is 9.19. The summed E-state index contributed by atoms with van der Waals surface area (Å²) in [6, 6.07) is 4.60. The Balaban J connectivity index is 3.20. The highest BCUT2D eigenvalue weighted by Crippen LogP contribution is 2.22. The molecule has 108 valence electrons. The van der Waals surface area contributed by atoms with Gasteiger partial charge in [0.1, 0.15) is 6.04 Å². The molecule has 0 saturated carbocycles. The SMILES string of the molecule is Cc1ccc(S(=O)(=O)NC(C#N)C(C)C)cc1[N+](=O)[O-]. The average Bonchev–Trinajstić information content (AvgIpc) is 2.35. The van der Waals surface area contributed by atoms with E-state index in [1.807, 2.05) is 6.07 Å². The first kappa shape index (κ1) is 16.1. The summed E-state index contributed by atoms with van der Waals surface area (Å²) in [5, 5.41) is 19.7. The van der Waals surface area contributed by atoms with Crippen LogP contribution in [0.3, 0.4) is 0 Å². The van der Waals surface area contributed by atoms with Crippen LogP contribution in [0.15, 0.2) is 23.1 Å². The fourth-order valence-corrected chi connectivity index (χ4v) is 2.81. The number of rotatable bonds is 5. The molecule has 7 nitrogen and oxygen atoms in total. The molecule has 1 aromatic rings. The van der Waals surface area contributed by atoms with Gasteiger partial charge in [0.15, 0.2) is 0 Å². The third kappa shape index (κ3) is 3.53. The van der Waals surface area contributed by atoms with E-state index in [-0.39, 0.29) is 16.5 Å². The van der Waals surface area contributed by atoms with Crippen LogP contribution < -0.4 is 4.72 Å². The molecule has 0 aliphatic carbocycles. The lowest BCUT2D eigenvalue weighted by Crippen LogP contribution is -2.37. The summed E-state index contributed by atoms with van der Waals surface area (Å²) in [7, 11) is -3.97. The molecule has 0 fully saturated rings. The van der Waals surface area contributed by atoms with Gasteiger partial charge in [-0.05, 0) is 18.9 Å². The third-order valence-electron chi connectivity index (χ3n) is 2.78. The lowest BCUT2D eigenvalue weighted by molar-refractivity contribution is -0.385. The molecule has 0 heterocycles. The number of sulfonamides is 1. The Morgan fingerprint density at radius 2 is 2.00 bits per heavy atom. The Labute approximate surface area is 117 Å². The molecule has 20 heavy (non-hydrogen) atoms. The van der Waals surface area contributed by atoms with E-state index in [0.717, 1.165) is 6.07 Å². The van der Waals surface area contributed by atoms with Gasteiger partial charge in [0.25, 0.3) is 5.69 Å². The van der Waals surface area contributed by atoms with E-state index in [2.05, 4.69) is 4.72 Å². The summed E-state index contributed by atoms with van der Waals surface area (Å²) in [5.74, 6) is -0.213. The molecule has 1 N–H and O–H groups in total. The van der Waals surface area contributed by atoms with Crippen molar-refractivity contribution < 1.29 is 13.3 Å². The first-order valence-corrected chi connectivity index (χ1v) is 7.34. The molecule has 1 aromatic carbocycles. The minimum atomic E-state index is -3.97. The fraction of sp³-hybridized carbons (Fsp3) is 0.417. The van der Waals surface area contributed by atoms with E-state index in [4.69, 9.17) is 5.26 Å². The van der Waals surface area contributed by atoms with Gasteiger partial charge in [-0.25, -0.2) is 8.42 Å². The van der Waals surface area contributed by atoms with Gasteiger partial charge in [0, 0.05) is 11.6 Å². The van der Waals surface area contributed by atoms with Crippen LogP contribution >= 0.6 is 0 Å². The van der Waals surface area contributed by atoms with Crippen molar-refractivity contribution in [3.8, 4) is 6.07 Å². The smallest absolute Gasteiger partial charge is 0.258 e. The van der Waals surface area contributed by atoms with Crippen molar-refractivity contribution in [2.75, 3.05) is 0 Å². The van der Waals surface area contributed by atoms with E-state index in [1.165, 1.54) is 19.1 Å². The van der Waals surface area contributed by atoms with Crippen LogP contribution in [0.2, 0.25) is 0 Å². The quantitative estimate of drug-likeness (QED) is 0.656. The second-order valence-corrected chi connectivity index (χ2v) is 6.39. The third-order valence-corrected chi connectivity index (χ3v) is 4.21. The normalized spacial score (nSPS) is 12.9. The van der Waals surface area contributed by atoms with Crippen LogP contribution in [0.25, 0.3) is 0 Å². The molecule has 0 bridgehead atoms. The monoisotopic (exact) mass is 297 g/mol. The van der Waals surface area contributed by atoms with Crippen LogP contribution in [0, 0.1) is 34.3 Å². The van der Waals surface area contributed by atoms with Gasteiger partial charge >= 0.3 is 0 Å².